The third-order valence-electron chi connectivity index (χ3n) is 3.74. The lowest BCUT2D eigenvalue weighted by Gasteiger charge is -2.19. The molecule has 110 valence electrons. The molecule has 0 fully saturated rings. The maximum absolute atomic E-state index is 11.4. The minimum Gasteiger partial charge on any atom is -0.371 e. The van der Waals surface area contributed by atoms with Crippen molar-refractivity contribution in [2.75, 3.05) is 18.0 Å². The third kappa shape index (κ3) is 3.06. The zero-order chi connectivity index (χ0) is 14.9. The van der Waals surface area contributed by atoms with Crippen LogP contribution in [0.15, 0.2) is 47.5 Å². The van der Waals surface area contributed by atoms with Gasteiger partial charge in [0.15, 0.2) is 0 Å². The molecule has 0 aliphatic carbocycles. The van der Waals surface area contributed by atoms with Crippen LogP contribution < -0.4 is 10.0 Å². The number of aromatic nitrogens is 1. The molecule has 2 heterocycles. The monoisotopic (exact) mass is 303 g/mol. The Morgan fingerprint density at radius 3 is 2.81 bits per heavy atom. The summed E-state index contributed by atoms with van der Waals surface area (Å²) in [5.41, 5.74) is 3.20. The summed E-state index contributed by atoms with van der Waals surface area (Å²) < 4.78 is 22.8. The topological polar surface area (TPSA) is 76.3 Å². The molecule has 0 saturated carbocycles. The number of pyridine rings is 1. The fourth-order valence-electron chi connectivity index (χ4n) is 2.65. The van der Waals surface area contributed by atoms with Gasteiger partial charge < -0.3 is 4.90 Å². The molecule has 1 aliphatic rings. The number of hydrogen-bond acceptors (Lipinski definition) is 4. The van der Waals surface area contributed by atoms with Crippen molar-refractivity contribution in [3.63, 3.8) is 0 Å². The molecule has 0 bridgehead atoms. The highest BCUT2D eigenvalue weighted by atomic mass is 32.2. The third-order valence-corrected chi connectivity index (χ3v) is 4.65. The number of primary sulfonamides is 1. The number of nitrogens with two attached hydrogens (primary N) is 1. The highest BCUT2D eigenvalue weighted by molar-refractivity contribution is 7.89. The molecule has 0 spiro atoms. The van der Waals surface area contributed by atoms with E-state index in [4.69, 9.17) is 5.14 Å². The molecule has 6 heteroatoms. The maximum Gasteiger partial charge on any atom is 0.238 e. The van der Waals surface area contributed by atoms with E-state index in [-0.39, 0.29) is 4.90 Å². The Hall–Kier alpha value is -1.92. The molecule has 1 aliphatic heterocycles. The SMILES string of the molecule is NS(=O)(=O)c1ccc2c(c1)CCN2CCc1ccccn1. The summed E-state index contributed by atoms with van der Waals surface area (Å²) in [5.74, 6) is 0. The van der Waals surface area contributed by atoms with Gasteiger partial charge >= 0.3 is 0 Å². The number of anilines is 1. The van der Waals surface area contributed by atoms with Crippen LogP contribution in [-0.2, 0) is 22.9 Å². The zero-order valence-electron chi connectivity index (χ0n) is 11.6. The molecule has 1 aromatic carbocycles. The van der Waals surface area contributed by atoms with E-state index in [0.29, 0.717) is 0 Å². The van der Waals surface area contributed by atoms with Crippen LogP contribution in [0.5, 0.6) is 0 Å². The first kappa shape index (κ1) is 14.0. The van der Waals surface area contributed by atoms with Gasteiger partial charge in [0.1, 0.15) is 0 Å². The van der Waals surface area contributed by atoms with Gasteiger partial charge in [0.2, 0.25) is 10.0 Å². The molecule has 1 aromatic heterocycles. The van der Waals surface area contributed by atoms with E-state index in [1.54, 1.807) is 18.3 Å². The number of fused-ring (bicyclic) bond motifs is 1. The van der Waals surface area contributed by atoms with Crippen LogP contribution in [0, 0.1) is 0 Å². The number of benzene rings is 1. The number of hydrogen-bond donors (Lipinski definition) is 1. The molecule has 2 N–H and O–H groups in total. The van der Waals surface area contributed by atoms with Gasteiger partial charge in [-0.3, -0.25) is 4.98 Å². The number of rotatable bonds is 4. The van der Waals surface area contributed by atoms with E-state index in [2.05, 4.69) is 9.88 Å². The molecule has 0 atom stereocenters. The molecule has 0 unspecified atom stereocenters. The molecule has 3 rings (SSSR count). The summed E-state index contributed by atoms with van der Waals surface area (Å²) in [6, 6.07) is 11.0. The Labute approximate surface area is 124 Å². The van der Waals surface area contributed by atoms with Gasteiger partial charge in [0.25, 0.3) is 0 Å². The summed E-state index contributed by atoms with van der Waals surface area (Å²) in [4.78, 5) is 6.77. The van der Waals surface area contributed by atoms with Crippen molar-refractivity contribution in [2.45, 2.75) is 17.7 Å². The van der Waals surface area contributed by atoms with E-state index in [1.165, 1.54) is 0 Å². The van der Waals surface area contributed by atoms with Crippen molar-refractivity contribution in [1.29, 1.82) is 0 Å². The summed E-state index contributed by atoms with van der Waals surface area (Å²) in [5, 5.41) is 5.17. The Morgan fingerprint density at radius 2 is 2.10 bits per heavy atom. The van der Waals surface area contributed by atoms with Crippen molar-refractivity contribution in [2.24, 2.45) is 5.14 Å². The van der Waals surface area contributed by atoms with Crippen molar-refractivity contribution in [3.05, 3.63) is 53.9 Å². The predicted octanol–water partition coefficient (Wildman–Crippen LogP) is 1.33. The van der Waals surface area contributed by atoms with Crippen LogP contribution in [-0.4, -0.2) is 26.5 Å². The summed E-state index contributed by atoms with van der Waals surface area (Å²) in [6.45, 7) is 1.77. The summed E-state index contributed by atoms with van der Waals surface area (Å²) in [6.07, 6.45) is 3.52. The lowest BCUT2D eigenvalue weighted by Crippen LogP contribution is -2.23. The minimum absolute atomic E-state index is 0.188. The van der Waals surface area contributed by atoms with Crippen LogP contribution in [0.1, 0.15) is 11.3 Å². The molecule has 0 amide bonds. The summed E-state index contributed by atoms with van der Waals surface area (Å²) >= 11 is 0. The average Bonchev–Trinajstić information content (AvgIpc) is 2.87. The Morgan fingerprint density at radius 1 is 1.24 bits per heavy atom. The molecule has 21 heavy (non-hydrogen) atoms. The fourth-order valence-corrected chi connectivity index (χ4v) is 3.22. The molecule has 0 radical (unpaired) electrons. The van der Waals surface area contributed by atoms with E-state index < -0.39 is 10.0 Å². The maximum atomic E-state index is 11.4. The van der Waals surface area contributed by atoms with E-state index >= 15 is 0 Å². The van der Waals surface area contributed by atoms with Gasteiger partial charge in [-0.25, -0.2) is 13.6 Å². The first-order valence-corrected chi connectivity index (χ1v) is 8.39. The van der Waals surface area contributed by atoms with Crippen LogP contribution >= 0.6 is 0 Å². The van der Waals surface area contributed by atoms with Crippen molar-refractivity contribution < 1.29 is 8.42 Å². The Kier molecular flexibility index (Phi) is 3.65. The molecular weight excluding hydrogens is 286 g/mol. The lowest BCUT2D eigenvalue weighted by molar-refractivity contribution is 0.597. The second kappa shape index (κ2) is 5.46. The predicted molar refractivity (Wildman–Crippen MR) is 81.7 cm³/mol. The average molecular weight is 303 g/mol. The zero-order valence-corrected chi connectivity index (χ0v) is 12.4. The fraction of sp³-hybridized carbons (Fsp3) is 0.267. The van der Waals surface area contributed by atoms with Gasteiger partial charge in [0, 0.05) is 37.1 Å². The molecular formula is C15H17N3O2S. The van der Waals surface area contributed by atoms with Gasteiger partial charge in [-0.05, 0) is 42.3 Å². The lowest BCUT2D eigenvalue weighted by atomic mass is 10.2. The van der Waals surface area contributed by atoms with Gasteiger partial charge in [-0.15, -0.1) is 0 Å². The van der Waals surface area contributed by atoms with Crippen LogP contribution in [0.25, 0.3) is 0 Å². The Bertz CT molecular complexity index is 745. The number of sulfonamides is 1. The highest BCUT2D eigenvalue weighted by Gasteiger charge is 2.21. The second-order valence-corrected chi connectivity index (χ2v) is 6.71. The van der Waals surface area contributed by atoms with Crippen molar-refractivity contribution >= 4 is 15.7 Å². The van der Waals surface area contributed by atoms with Gasteiger partial charge in [-0.1, -0.05) is 6.07 Å². The van der Waals surface area contributed by atoms with E-state index in [0.717, 1.165) is 42.9 Å². The normalized spacial score (nSPS) is 14.2. The smallest absolute Gasteiger partial charge is 0.238 e. The van der Waals surface area contributed by atoms with Gasteiger partial charge in [-0.2, -0.15) is 0 Å². The number of nitrogens with zero attached hydrogens (tertiary/aromatic N) is 2. The molecule has 0 saturated heterocycles. The van der Waals surface area contributed by atoms with E-state index in [1.807, 2.05) is 24.3 Å². The summed E-state index contributed by atoms with van der Waals surface area (Å²) in [7, 11) is -3.63. The van der Waals surface area contributed by atoms with Gasteiger partial charge in [0.05, 0.1) is 4.90 Å². The van der Waals surface area contributed by atoms with Crippen molar-refractivity contribution in [1.82, 2.24) is 4.98 Å². The van der Waals surface area contributed by atoms with Crippen LogP contribution in [0.2, 0.25) is 0 Å². The largest absolute Gasteiger partial charge is 0.371 e. The first-order chi connectivity index (χ1) is 10.0. The standard InChI is InChI=1S/C15H17N3O2S/c16-21(19,20)14-4-5-15-12(11-14)6-9-18(15)10-7-13-3-1-2-8-17-13/h1-5,8,11H,6-7,9-10H2,(H2,16,19,20). The minimum atomic E-state index is -3.63. The van der Waals surface area contributed by atoms with Crippen molar-refractivity contribution in [3.8, 4) is 0 Å². The quantitative estimate of drug-likeness (QED) is 0.924. The highest BCUT2D eigenvalue weighted by Crippen LogP contribution is 2.29. The second-order valence-electron chi connectivity index (χ2n) is 5.14. The first-order valence-electron chi connectivity index (χ1n) is 6.84. The molecule has 5 nitrogen and oxygen atoms in total. The van der Waals surface area contributed by atoms with Crippen LogP contribution in [0.3, 0.4) is 0 Å². The molecule has 2 aromatic rings. The Balaban J connectivity index is 1.75. The van der Waals surface area contributed by atoms with Crippen LogP contribution in [0.4, 0.5) is 5.69 Å². The van der Waals surface area contributed by atoms with E-state index in [9.17, 15) is 8.42 Å².